The van der Waals surface area contributed by atoms with Crippen LogP contribution in [0.25, 0.3) is 0 Å². The molecule has 0 aromatic heterocycles. The number of hydrogen-bond acceptors (Lipinski definition) is 2. The maximum atomic E-state index is 13.1. The molecule has 1 unspecified atom stereocenters. The van der Waals surface area contributed by atoms with Gasteiger partial charge in [0.2, 0.25) is 0 Å². The summed E-state index contributed by atoms with van der Waals surface area (Å²) >= 11 is 1.52. The lowest BCUT2D eigenvalue weighted by Gasteiger charge is -2.16. The van der Waals surface area contributed by atoms with Crippen LogP contribution in [0.3, 0.4) is 0 Å². The first-order valence-corrected chi connectivity index (χ1v) is 7.28. The Morgan fingerprint density at radius 3 is 3.11 bits per heavy atom. The van der Waals surface area contributed by atoms with Crippen LogP contribution in [-0.2, 0) is 5.75 Å². The molecular weight excluding hydrogens is 263 g/mol. The van der Waals surface area contributed by atoms with Gasteiger partial charge in [-0.1, -0.05) is 12.1 Å². The summed E-state index contributed by atoms with van der Waals surface area (Å²) in [6.07, 6.45) is 2.98. The van der Waals surface area contributed by atoms with Gasteiger partial charge in [-0.15, -0.1) is 11.8 Å². The number of carbonyl (C=O) groups is 1. The summed E-state index contributed by atoms with van der Waals surface area (Å²) in [6.45, 7) is 0. The molecule has 98 valence electrons. The molecular formula is C14H13FN2OS. The van der Waals surface area contributed by atoms with E-state index in [1.54, 1.807) is 6.07 Å². The number of amides is 2. The summed E-state index contributed by atoms with van der Waals surface area (Å²) in [6, 6.07) is 6.13. The molecule has 0 saturated heterocycles. The summed E-state index contributed by atoms with van der Waals surface area (Å²) in [5, 5.41) is 0.844. The van der Waals surface area contributed by atoms with Gasteiger partial charge in [-0.05, 0) is 37.0 Å². The van der Waals surface area contributed by atoms with E-state index in [0.717, 1.165) is 35.6 Å². The molecule has 1 aliphatic carbocycles. The zero-order valence-corrected chi connectivity index (χ0v) is 11.1. The van der Waals surface area contributed by atoms with Crippen molar-refractivity contribution in [3.8, 4) is 0 Å². The molecule has 2 aliphatic rings. The van der Waals surface area contributed by atoms with Crippen LogP contribution in [0.4, 0.5) is 9.18 Å². The van der Waals surface area contributed by atoms with Crippen LogP contribution in [-0.4, -0.2) is 16.8 Å². The first-order valence-electron chi connectivity index (χ1n) is 6.29. The van der Waals surface area contributed by atoms with Gasteiger partial charge in [-0.3, -0.25) is 0 Å². The van der Waals surface area contributed by atoms with Crippen molar-refractivity contribution in [1.82, 2.24) is 0 Å². The quantitative estimate of drug-likeness (QED) is 0.823. The second-order valence-electron chi connectivity index (χ2n) is 4.70. The van der Waals surface area contributed by atoms with Crippen molar-refractivity contribution in [3.05, 3.63) is 35.6 Å². The summed E-state index contributed by atoms with van der Waals surface area (Å²) in [7, 11) is 0. The smallest absolute Gasteiger partial charge is 0.244 e. The first kappa shape index (κ1) is 12.5. The van der Waals surface area contributed by atoms with Crippen LogP contribution < -0.4 is 0 Å². The van der Waals surface area contributed by atoms with E-state index in [0.29, 0.717) is 5.75 Å². The van der Waals surface area contributed by atoms with Gasteiger partial charge in [0, 0.05) is 17.4 Å². The Hall–Kier alpha value is -1.49. The van der Waals surface area contributed by atoms with Crippen LogP contribution in [0, 0.1) is 11.7 Å². The predicted octanol–water partition coefficient (Wildman–Crippen LogP) is 3.83. The lowest BCUT2D eigenvalue weighted by molar-refractivity contribution is 0.256. The van der Waals surface area contributed by atoms with E-state index in [-0.39, 0.29) is 11.7 Å². The third-order valence-corrected chi connectivity index (χ3v) is 4.50. The van der Waals surface area contributed by atoms with E-state index in [9.17, 15) is 9.18 Å². The molecule has 1 fully saturated rings. The number of hydrogen-bond donors (Lipinski definition) is 0. The maximum Gasteiger partial charge on any atom is 0.367 e. The monoisotopic (exact) mass is 276 g/mol. The van der Waals surface area contributed by atoms with Crippen molar-refractivity contribution >= 4 is 28.5 Å². The van der Waals surface area contributed by atoms with Gasteiger partial charge >= 0.3 is 6.03 Å². The molecule has 1 atom stereocenters. The van der Waals surface area contributed by atoms with E-state index in [4.69, 9.17) is 0 Å². The number of benzene rings is 1. The van der Waals surface area contributed by atoms with E-state index in [1.165, 1.54) is 23.9 Å². The number of nitrogens with zero attached hydrogens (tertiary/aromatic N) is 2. The van der Waals surface area contributed by atoms with Gasteiger partial charge in [-0.2, -0.15) is 4.99 Å². The van der Waals surface area contributed by atoms with Gasteiger partial charge in [0.15, 0.2) is 0 Å². The summed E-state index contributed by atoms with van der Waals surface area (Å²) < 4.78 is 13.1. The minimum atomic E-state index is -0.394. The van der Waals surface area contributed by atoms with E-state index < -0.39 is 6.03 Å². The van der Waals surface area contributed by atoms with Crippen molar-refractivity contribution in [3.63, 3.8) is 0 Å². The minimum absolute atomic E-state index is 0.219. The standard InChI is InChI=1S/C14H13FN2OS/c15-10-4-1-3-9(7-10)8-19-13-11-5-2-6-12(11)16-14(18)17-13/h1,3-4,7,11H,2,5-6,8H2. The number of urea groups is 1. The molecule has 0 bridgehead atoms. The van der Waals surface area contributed by atoms with E-state index in [2.05, 4.69) is 9.98 Å². The Morgan fingerprint density at radius 2 is 2.26 bits per heavy atom. The maximum absolute atomic E-state index is 13.1. The van der Waals surface area contributed by atoms with Crippen molar-refractivity contribution < 1.29 is 9.18 Å². The summed E-state index contributed by atoms with van der Waals surface area (Å²) in [5.74, 6) is 0.618. The molecule has 3 nitrogen and oxygen atoms in total. The van der Waals surface area contributed by atoms with Crippen LogP contribution in [0.1, 0.15) is 24.8 Å². The Bertz CT molecular complexity index is 583. The number of carbonyl (C=O) groups excluding carboxylic acids is 1. The molecule has 0 N–H and O–H groups in total. The number of thioether (sulfide) groups is 1. The largest absolute Gasteiger partial charge is 0.367 e. The van der Waals surface area contributed by atoms with Crippen LogP contribution in [0.5, 0.6) is 0 Å². The molecule has 19 heavy (non-hydrogen) atoms. The highest BCUT2D eigenvalue weighted by Gasteiger charge is 2.31. The third kappa shape index (κ3) is 2.76. The molecule has 3 rings (SSSR count). The Morgan fingerprint density at radius 1 is 1.37 bits per heavy atom. The lowest BCUT2D eigenvalue weighted by atomic mass is 10.1. The van der Waals surface area contributed by atoms with E-state index in [1.807, 2.05) is 6.07 Å². The first-order chi connectivity index (χ1) is 9.22. The molecule has 1 heterocycles. The molecule has 1 aliphatic heterocycles. The average Bonchev–Trinajstić information content (AvgIpc) is 2.84. The zero-order chi connectivity index (χ0) is 13.2. The molecule has 0 spiro atoms. The summed E-state index contributed by atoms with van der Waals surface area (Å²) in [5.41, 5.74) is 1.88. The topological polar surface area (TPSA) is 41.8 Å². The molecule has 2 amide bonds. The number of rotatable bonds is 2. The van der Waals surface area contributed by atoms with Crippen LogP contribution >= 0.6 is 11.8 Å². The second kappa shape index (κ2) is 5.25. The van der Waals surface area contributed by atoms with Gasteiger partial charge < -0.3 is 0 Å². The Labute approximate surface area is 115 Å². The number of halogens is 1. The van der Waals surface area contributed by atoms with Crippen LogP contribution in [0.2, 0.25) is 0 Å². The van der Waals surface area contributed by atoms with Gasteiger partial charge in [0.25, 0.3) is 0 Å². The number of aliphatic imine (C=N–C) groups is 2. The normalized spacial score (nSPS) is 21.9. The van der Waals surface area contributed by atoms with Crippen molar-refractivity contribution in [2.75, 3.05) is 0 Å². The predicted molar refractivity (Wildman–Crippen MR) is 75.3 cm³/mol. The SMILES string of the molecule is O=C1N=C2CCCC2C(SCc2cccc(F)c2)=N1. The molecule has 1 aromatic rings. The van der Waals surface area contributed by atoms with Crippen molar-refractivity contribution in [2.45, 2.75) is 25.0 Å². The van der Waals surface area contributed by atoms with Gasteiger partial charge in [0.1, 0.15) is 5.82 Å². The molecule has 5 heteroatoms. The third-order valence-electron chi connectivity index (χ3n) is 3.35. The van der Waals surface area contributed by atoms with Crippen molar-refractivity contribution in [2.24, 2.45) is 15.9 Å². The molecule has 1 aromatic carbocycles. The van der Waals surface area contributed by atoms with Gasteiger partial charge in [-0.25, -0.2) is 14.2 Å². The highest BCUT2D eigenvalue weighted by molar-refractivity contribution is 8.13. The highest BCUT2D eigenvalue weighted by Crippen LogP contribution is 2.32. The fourth-order valence-electron chi connectivity index (χ4n) is 2.46. The van der Waals surface area contributed by atoms with Gasteiger partial charge in [0.05, 0.1) is 5.04 Å². The molecule has 0 radical (unpaired) electrons. The van der Waals surface area contributed by atoms with Crippen molar-refractivity contribution in [1.29, 1.82) is 0 Å². The molecule has 1 saturated carbocycles. The highest BCUT2D eigenvalue weighted by atomic mass is 32.2. The minimum Gasteiger partial charge on any atom is -0.244 e. The zero-order valence-electron chi connectivity index (χ0n) is 10.3. The number of fused-ring (bicyclic) bond motifs is 1. The fraction of sp³-hybridized carbons (Fsp3) is 0.357. The van der Waals surface area contributed by atoms with E-state index >= 15 is 0 Å². The Kier molecular flexibility index (Phi) is 3.46. The lowest BCUT2D eigenvalue weighted by Crippen LogP contribution is -2.22. The summed E-state index contributed by atoms with van der Waals surface area (Å²) in [4.78, 5) is 19.4. The average molecular weight is 276 g/mol. The second-order valence-corrected chi connectivity index (χ2v) is 5.69. The van der Waals surface area contributed by atoms with Crippen LogP contribution in [0.15, 0.2) is 34.3 Å². The Balaban J connectivity index is 1.71. The fourth-order valence-corrected chi connectivity index (χ4v) is 3.56.